The highest BCUT2D eigenvalue weighted by atomic mass is 127. The van der Waals surface area contributed by atoms with Gasteiger partial charge in [-0.3, -0.25) is 24.4 Å². The molecule has 2 aliphatic heterocycles. The van der Waals surface area contributed by atoms with Crippen LogP contribution in [0, 0.1) is 35.5 Å². The largest absolute Gasteiger partial charge is 0.356 e. The smallest absolute Gasteiger partial charge is 0.233 e. The average Bonchev–Trinajstić information content (AvgIpc) is 3.42. The predicted molar refractivity (Wildman–Crippen MR) is 142 cm³/mol. The molecule has 2 N–H and O–H groups in total. The number of nitrogens with one attached hydrogen (secondary N) is 2. The molecule has 6 unspecified atom stereocenters. The maximum Gasteiger partial charge on any atom is 0.233 e. The van der Waals surface area contributed by atoms with E-state index in [0.29, 0.717) is 13.1 Å². The van der Waals surface area contributed by atoms with Gasteiger partial charge in [-0.1, -0.05) is 26.0 Å². The van der Waals surface area contributed by atoms with Crippen molar-refractivity contribution < 1.29 is 9.59 Å². The first-order valence-corrected chi connectivity index (χ1v) is 12.4. The molecule has 186 valence electrons. The van der Waals surface area contributed by atoms with Gasteiger partial charge in [0.15, 0.2) is 5.96 Å². The van der Waals surface area contributed by atoms with Crippen LogP contribution in [-0.2, 0) is 9.59 Å². The standard InChI is InChI=1S/C25H41N5O2.HI/c1-16-11-17(2)14-29(13-16)25(3,4)15-28-24(26-5)27-9-6-10-30-22(31)20-18-7-8-19(12-18)21(20)23(30)32;/h7-8,16-21H,6,9-15H2,1-5H3,(H2,26,27,28);1H. The molecule has 1 saturated carbocycles. The SMILES string of the molecule is CN=C(NCCCN1C(=O)C2C3C=CC(C3)C2C1=O)NCC(C)(C)N1CC(C)CC(C)C1.I. The molecular weight excluding hydrogens is 529 g/mol. The number of piperidine rings is 1. The highest BCUT2D eigenvalue weighted by Gasteiger charge is 2.58. The van der Waals surface area contributed by atoms with Crippen molar-refractivity contribution in [2.45, 2.75) is 52.5 Å². The molecule has 0 radical (unpaired) electrons. The fourth-order valence-electron chi connectivity index (χ4n) is 6.42. The van der Waals surface area contributed by atoms with Crippen molar-refractivity contribution >= 4 is 41.8 Å². The molecule has 3 fully saturated rings. The monoisotopic (exact) mass is 571 g/mol. The number of amides is 2. The van der Waals surface area contributed by atoms with E-state index in [0.717, 1.165) is 50.3 Å². The molecule has 2 heterocycles. The van der Waals surface area contributed by atoms with Crippen LogP contribution in [0.5, 0.6) is 0 Å². The Labute approximate surface area is 216 Å². The van der Waals surface area contributed by atoms with Gasteiger partial charge in [0.25, 0.3) is 0 Å². The summed E-state index contributed by atoms with van der Waals surface area (Å²) < 4.78 is 0. The van der Waals surface area contributed by atoms with Gasteiger partial charge in [-0.2, -0.15) is 0 Å². The molecule has 0 aromatic carbocycles. The number of fused-ring (bicyclic) bond motifs is 5. The van der Waals surface area contributed by atoms with Gasteiger partial charge in [-0.05, 0) is 56.8 Å². The molecule has 6 atom stereocenters. The van der Waals surface area contributed by atoms with Crippen molar-refractivity contribution in [1.82, 2.24) is 20.4 Å². The van der Waals surface area contributed by atoms with E-state index in [1.54, 1.807) is 7.05 Å². The number of imide groups is 1. The van der Waals surface area contributed by atoms with E-state index >= 15 is 0 Å². The maximum absolute atomic E-state index is 12.8. The number of allylic oxidation sites excluding steroid dienone is 2. The van der Waals surface area contributed by atoms with E-state index in [1.807, 2.05) is 0 Å². The van der Waals surface area contributed by atoms with Crippen molar-refractivity contribution in [3.63, 3.8) is 0 Å². The highest BCUT2D eigenvalue weighted by Crippen LogP contribution is 2.52. The first-order valence-electron chi connectivity index (χ1n) is 12.4. The number of hydrogen-bond donors (Lipinski definition) is 2. The Balaban J connectivity index is 0.00000306. The van der Waals surface area contributed by atoms with Crippen molar-refractivity contribution in [3.05, 3.63) is 12.2 Å². The lowest BCUT2D eigenvalue weighted by Crippen LogP contribution is -2.57. The zero-order valence-electron chi connectivity index (χ0n) is 20.8. The first-order chi connectivity index (χ1) is 15.2. The molecule has 33 heavy (non-hydrogen) atoms. The number of hydrogen-bond acceptors (Lipinski definition) is 4. The molecule has 2 saturated heterocycles. The third kappa shape index (κ3) is 5.41. The summed E-state index contributed by atoms with van der Waals surface area (Å²) in [6.45, 7) is 13.5. The van der Waals surface area contributed by atoms with Crippen LogP contribution in [0.2, 0.25) is 0 Å². The minimum atomic E-state index is -0.0950. The zero-order valence-corrected chi connectivity index (χ0v) is 23.2. The second-order valence-corrected chi connectivity index (χ2v) is 11.2. The summed E-state index contributed by atoms with van der Waals surface area (Å²) in [5, 5.41) is 6.83. The van der Waals surface area contributed by atoms with Crippen LogP contribution < -0.4 is 10.6 Å². The van der Waals surface area contributed by atoms with Crippen LogP contribution in [-0.4, -0.2) is 72.9 Å². The molecule has 2 bridgehead atoms. The summed E-state index contributed by atoms with van der Waals surface area (Å²) >= 11 is 0. The number of rotatable bonds is 7. The summed E-state index contributed by atoms with van der Waals surface area (Å²) in [7, 11) is 1.78. The van der Waals surface area contributed by atoms with Gasteiger partial charge in [0.1, 0.15) is 0 Å². The van der Waals surface area contributed by atoms with Gasteiger partial charge in [0.2, 0.25) is 11.8 Å². The summed E-state index contributed by atoms with van der Waals surface area (Å²) in [5.41, 5.74) is 0.0418. The molecule has 7 nitrogen and oxygen atoms in total. The minimum Gasteiger partial charge on any atom is -0.356 e. The van der Waals surface area contributed by atoms with Crippen molar-refractivity contribution in [1.29, 1.82) is 0 Å². The fraction of sp³-hybridized carbons (Fsp3) is 0.800. The van der Waals surface area contributed by atoms with Crippen LogP contribution in [0.1, 0.15) is 47.0 Å². The number of carbonyl (C=O) groups is 2. The fourth-order valence-corrected chi connectivity index (χ4v) is 6.42. The Morgan fingerprint density at radius 2 is 1.61 bits per heavy atom. The molecule has 2 amide bonds. The second kappa shape index (κ2) is 10.6. The Kier molecular flexibility index (Phi) is 8.51. The third-order valence-electron chi connectivity index (χ3n) is 8.05. The Morgan fingerprint density at radius 3 is 2.15 bits per heavy atom. The minimum absolute atomic E-state index is 0. The van der Waals surface area contributed by atoms with Crippen LogP contribution in [0.3, 0.4) is 0 Å². The summed E-state index contributed by atoms with van der Waals surface area (Å²) in [6, 6.07) is 0. The van der Waals surface area contributed by atoms with Gasteiger partial charge in [-0.15, -0.1) is 24.0 Å². The number of nitrogens with zero attached hydrogens (tertiary/aromatic N) is 3. The van der Waals surface area contributed by atoms with E-state index < -0.39 is 0 Å². The lowest BCUT2D eigenvalue weighted by molar-refractivity contribution is -0.140. The lowest BCUT2D eigenvalue weighted by Gasteiger charge is -2.45. The Hall–Kier alpha value is -1.16. The second-order valence-electron chi connectivity index (χ2n) is 11.2. The number of carbonyl (C=O) groups excluding carboxylic acids is 2. The molecule has 0 aromatic rings. The molecule has 4 rings (SSSR count). The maximum atomic E-state index is 12.8. The normalized spacial score (nSPS) is 34.0. The van der Waals surface area contributed by atoms with Gasteiger partial charge < -0.3 is 10.6 Å². The van der Waals surface area contributed by atoms with Gasteiger partial charge in [0, 0.05) is 45.3 Å². The highest BCUT2D eigenvalue weighted by molar-refractivity contribution is 14.0. The van der Waals surface area contributed by atoms with Crippen LogP contribution in [0.15, 0.2) is 17.1 Å². The third-order valence-corrected chi connectivity index (χ3v) is 8.05. The first kappa shape index (κ1) is 26.4. The van der Waals surface area contributed by atoms with Crippen LogP contribution >= 0.6 is 24.0 Å². The number of guanidine groups is 1. The predicted octanol–water partition coefficient (Wildman–Crippen LogP) is 2.72. The van der Waals surface area contributed by atoms with E-state index in [4.69, 9.17) is 0 Å². The van der Waals surface area contributed by atoms with E-state index in [2.05, 4.69) is 60.4 Å². The van der Waals surface area contributed by atoms with E-state index in [1.165, 1.54) is 11.3 Å². The molecular formula is C25H42IN5O2. The van der Waals surface area contributed by atoms with Gasteiger partial charge in [-0.25, -0.2) is 0 Å². The topological polar surface area (TPSA) is 77.0 Å². The number of aliphatic imine (C=N–C) groups is 1. The Bertz CT molecular complexity index is 758. The molecule has 0 spiro atoms. The van der Waals surface area contributed by atoms with E-state index in [9.17, 15) is 9.59 Å². The summed E-state index contributed by atoms with van der Waals surface area (Å²) in [4.78, 5) is 34.0. The van der Waals surface area contributed by atoms with Crippen LogP contribution in [0.4, 0.5) is 0 Å². The van der Waals surface area contributed by atoms with Crippen molar-refractivity contribution in [3.8, 4) is 0 Å². The van der Waals surface area contributed by atoms with Crippen molar-refractivity contribution in [2.75, 3.05) is 39.8 Å². The van der Waals surface area contributed by atoms with Crippen molar-refractivity contribution in [2.24, 2.45) is 40.5 Å². The quantitative estimate of drug-likeness (QED) is 0.123. The van der Waals surface area contributed by atoms with Crippen LogP contribution in [0.25, 0.3) is 0 Å². The van der Waals surface area contributed by atoms with Gasteiger partial charge >= 0.3 is 0 Å². The summed E-state index contributed by atoms with van der Waals surface area (Å²) in [5.74, 6) is 2.70. The number of halogens is 1. The van der Waals surface area contributed by atoms with Gasteiger partial charge in [0.05, 0.1) is 11.8 Å². The van der Waals surface area contributed by atoms with E-state index in [-0.39, 0.29) is 65.0 Å². The summed E-state index contributed by atoms with van der Waals surface area (Å²) in [6.07, 6.45) is 7.31. The number of likely N-dealkylation sites (tertiary alicyclic amines) is 2. The zero-order chi connectivity index (χ0) is 23.0. The average molecular weight is 572 g/mol. The lowest BCUT2D eigenvalue weighted by atomic mass is 9.85. The molecule has 8 heteroatoms. The molecule has 2 aliphatic carbocycles. The Morgan fingerprint density at radius 1 is 1.03 bits per heavy atom. The molecule has 0 aromatic heterocycles. The molecule has 4 aliphatic rings.